The molecule has 0 spiro atoms. The molecule has 11 heavy (non-hydrogen) atoms. The van der Waals surface area contributed by atoms with E-state index >= 15 is 0 Å². The molecule has 0 radical (unpaired) electrons. The molecule has 0 aromatic rings. The van der Waals surface area contributed by atoms with Crippen LogP contribution in [0.15, 0.2) is 21.6 Å². The van der Waals surface area contributed by atoms with E-state index in [1.807, 2.05) is 6.92 Å². The molecule has 0 atom stereocenters. The van der Waals surface area contributed by atoms with Crippen molar-refractivity contribution in [2.24, 2.45) is 9.98 Å². The molecule has 0 rings (SSSR count). The lowest BCUT2D eigenvalue weighted by Crippen LogP contribution is -1.94. The lowest BCUT2D eigenvalue weighted by atomic mass is 10.2. The molecular formula is C8H12N2S. The molecule has 0 aromatic carbocycles. The Morgan fingerprint density at radius 3 is 2.64 bits per heavy atom. The average molecular weight is 168 g/mol. The lowest BCUT2D eigenvalue weighted by molar-refractivity contribution is 1.20. The van der Waals surface area contributed by atoms with Crippen molar-refractivity contribution in [3.05, 3.63) is 11.6 Å². The van der Waals surface area contributed by atoms with Crippen molar-refractivity contribution in [1.82, 2.24) is 0 Å². The van der Waals surface area contributed by atoms with E-state index in [4.69, 9.17) is 0 Å². The topological polar surface area (TPSA) is 24.7 Å². The van der Waals surface area contributed by atoms with Crippen molar-refractivity contribution in [1.29, 1.82) is 0 Å². The van der Waals surface area contributed by atoms with E-state index in [0.717, 1.165) is 12.0 Å². The summed E-state index contributed by atoms with van der Waals surface area (Å²) in [5.41, 5.74) is 1.05. The van der Waals surface area contributed by atoms with Crippen molar-refractivity contribution < 1.29 is 0 Å². The fourth-order valence-corrected chi connectivity index (χ4v) is 0.842. The van der Waals surface area contributed by atoms with Gasteiger partial charge < -0.3 is 0 Å². The highest BCUT2D eigenvalue weighted by Gasteiger charge is 1.95. The number of nitrogens with zero attached hydrogens (tertiary/aromatic N) is 2. The summed E-state index contributed by atoms with van der Waals surface area (Å²) in [6.07, 6.45) is 3.04. The Hall–Kier alpha value is -0.790. The minimum atomic E-state index is 0.668. The molecule has 0 N–H and O–H groups in total. The second-order valence-corrected chi connectivity index (χ2v) is 2.23. The van der Waals surface area contributed by atoms with Crippen LogP contribution in [0, 0.1) is 0 Å². The number of isothiocyanates is 1. The molecule has 2 nitrogen and oxygen atoms in total. The Labute approximate surface area is 72.8 Å². The van der Waals surface area contributed by atoms with Gasteiger partial charge in [-0.25, -0.2) is 0 Å². The summed E-state index contributed by atoms with van der Waals surface area (Å²) in [5.74, 6) is 0.668. The molecule has 3 heteroatoms. The van der Waals surface area contributed by atoms with Gasteiger partial charge in [-0.05, 0) is 31.1 Å². The van der Waals surface area contributed by atoms with Gasteiger partial charge in [-0.1, -0.05) is 13.0 Å². The third kappa shape index (κ3) is 3.81. The Kier molecular flexibility index (Phi) is 5.53. The average Bonchev–Trinajstić information content (AvgIpc) is 2.00. The van der Waals surface area contributed by atoms with Crippen LogP contribution in [0.4, 0.5) is 0 Å². The summed E-state index contributed by atoms with van der Waals surface area (Å²) in [6, 6.07) is 0. The largest absolute Gasteiger partial charge is 0.269 e. The van der Waals surface area contributed by atoms with Crippen molar-refractivity contribution in [2.45, 2.75) is 20.3 Å². The number of hydrogen-bond acceptors (Lipinski definition) is 2. The van der Waals surface area contributed by atoms with E-state index in [-0.39, 0.29) is 0 Å². The third-order valence-corrected chi connectivity index (χ3v) is 1.32. The van der Waals surface area contributed by atoms with Crippen LogP contribution in [-0.4, -0.2) is 18.0 Å². The zero-order valence-corrected chi connectivity index (χ0v) is 7.90. The predicted molar refractivity (Wildman–Crippen MR) is 52.4 cm³/mol. The molecule has 60 valence electrons. The van der Waals surface area contributed by atoms with Gasteiger partial charge in [0, 0.05) is 7.05 Å². The van der Waals surface area contributed by atoms with Crippen molar-refractivity contribution >= 4 is 23.2 Å². The summed E-state index contributed by atoms with van der Waals surface area (Å²) in [7, 11) is 1.69. The van der Waals surface area contributed by atoms with Gasteiger partial charge in [0.05, 0.1) is 5.16 Å². The number of amidine groups is 1. The standard InChI is InChI=1S/C8H12N2S/c1-4-5-7(2)8(9-3)10-6-11/h5H,4H2,1-3H3/b7-5-,9-8?. The van der Waals surface area contributed by atoms with Crippen LogP contribution in [0.3, 0.4) is 0 Å². The Balaban J connectivity index is 4.53. The third-order valence-electron chi connectivity index (χ3n) is 1.23. The first-order valence-corrected chi connectivity index (χ1v) is 3.88. The molecule has 0 fully saturated rings. The molecule has 0 aliphatic carbocycles. The van der Waals surface area contributed by atoms with E-state index in [1.165, 1.54) is 0 Å². The first-order valence-electron chi connectivity index (χ1n) is 3.48. The number of aliphatic imine (C=N–C) groups is 2. The Morgan fingerprint density at radius 2 is 2.27 bits per heavy atom. The van der Waals surface area contributed by atoms with Gasteiger partial charge in [-0.15, -0.1) is 0 Å². The Bertz CT molecular complexity index is 222. The summed E-state index contributed by atoms with van der Waals surface area (Å²) < 4.78 is 0. The molecule has 0 aliphatic rings. The molecule has 0 bridgehead atoms. The normalized spacial score (nSPS) is 12.6. The highest BCUT2D eigenvalue weighted by Crippen LogP contribution is 1.99. The highest BCUT2D eigenvalue weighted by atomic mass is 32.1. The van der Waals surface area contributed by atoms with Gasteiger partial charge in [0.1, 0.15) is 0 Å². The van der Waals surface area contributed by atoms with Gasteiger partial charge in [-0.3, -0.25) is 4.99 Å². The summed E-state index contributed by atoms with van der Waals surface area (Å²) in [6.45, 7) is 4.03. The minimum Gasteiger partial charge on any atom is -0.269 e. The Morgan fingerprint density at radius 1 is 1.64 bits per heavy atom. The molecule has 0 amide bonds. The number of hydrogen-bond donors (Lipinski definition) is 0. The van der Waals surface area contributed by atoms with Crippen LogP contribution < -0.4 is 0 Å². The first-order chi connectivity index (χ1) is 5.26. The van der Waals surface area contributed by atoms with Crippen LogP contribution in [-0.2, 0) is 0 Å². The second kappa shape index (κ2) is 5.96. The summed E-state index contributed by atoms with van der Waals surface area (Å²) in [5, 5.41) is 2.29. The number of rotatable bonds is 2. The lowest BCUT2D eigenvalue weighted by Gasteiger charge is -1.95. The molecule has 0 aromatic heterocycles. The van der Waals surface area contributed by atoms with E-state index in [9.17, 15) is 0 Å². The van der Waals surface area contributed by atoms with Crippen molar-refractivity contribution in [3.63, 3.8) is 0 Å². The molecule has 0 saturated heterocycles. The summed E-state index contributed by atoms with van der Waals surface area (Å²) >= 11 is 4.47. The van der Waals surface area contributed by atoms with Gasteiger partial charge in [0.2, 0.25) is 0 Å². The zero-order valence-electron chi connectivity index (χ0n) is 7.09. The highest BCUT2D eigenvalue weighted by molar-refractivity contribution is 7.78. The van der Waals surface area contributed by atoms with Crippen molar-refractivity contribution in [2.75, 3.05) is 7.05 Å². The van der Waals surface area contributed by atoms with Gasteiger partial charge >= 0.3 is 0 Å². The van der Waals surface area contributed by atoms with E-state index in [2.05, 4.69) is 40.4 Å². The first kappa shape index (κ1) is 10.2. The quantitative estimate of drug-likeness (QED) is 0.353. The number of allylic oxidation sites excluding steroid dienone is 1. The van der Waals surface area contributed by atoms with E-state index in [1.54, 1.807) is 7.05 Å². The van der Waals surface area contributed by atoms with E-state index in [0.29, 0.717) is 5.84 Å². The maximum absolute atomic E-state index is 4.47. The fraction of sp³-hybridized carbons (Fsp3) is 0.500. The fourth-order valence-electron chi connectivity index (χ4n) is 0.755. The van der Waals surface area contributed by atoms with Gasteiger partial charge in [0.25, 0.3) is 0 Å². The summed E-state index contributed by atoms with van der Waals surface area (Å²) in [4.78, 5) is 7.76. The molecular weight excluding hydrogens is 156 g/mol. The van der Waals surface area contributed by atoms with Gasteiger partial charge in [-0.2, -0.15) is 4.99 Å². The van der Waals surface area contributed by atoms with Crippen LogP contribution in [0.5, 0.6) is 0 Å². The van der Waals surface area contributed by atoms with E-state index < -0.39 is 0 Å². The minimum absolute atomic E-state index is 0.668. The molecule has 0 unspecified atom stereocenters. The monoisotopic (exact) mass is 168 g/mol. The molecule has 0 aliphatic heterocycles. The smallest absolute Gasteiger partial charge is 0.160 e. The second-order valence-electron chi connectivity index (χ2n) is 2.05. The SMILES string of the molecule is CC/C=C(/C)C(N=C=S)=NC. The van der Waals surface area contributed by atoms with Crippen LogP contribution >= 0.6 is 12.2 Å². The molecule has 0 saturated carbocycles. The zero-order chi connectivity index (χ0) is 8.69. The van der Waals surface area contributed by atoms with Crippen LogP contribution in [0.2, 0.25) is 0 Å². The van der Waals surface area contributed by atoms with Crippen LogP contribution in [0.25, 0.3) is 0 Å². The van der Waals surface area contributed by atoms with Gasteiger partial charge in [0.15, 0.2) is 5.84 Å². The maximum Gasteiger partial charge on any atom is 0.160 e. The van der Waals surface area contributed by atoms with Crippen LogP contribution in [0.1, 0.15) is 20.3 Å². The maximum atomic E-state index is 4.47. The van der Waals surface area contributed by atoms with Crippen molar-refractivity contribution in [3.8, 4) is 0 Å². The predicted octanol–water partition coefficient (Wildman–Crippen LogP) is 2.47. The molecule has 0 heterocycles. The number of thiocarbonyl (C=S) groups is 1.